The number of aromatic nitrogens is 2. The van der Waals surface area contributed by atoms with E-state index in [9.17, 15) is 8.42 Å². The summed E-state index contributed by atoms with van der Waals surface area (Å²) in [5.74, 6) is 1.02. The third-order valence-electron chi connectivity index (χ3n) is 5.64. The summed E-state index contributed by atoms with van der Waals surface area (Å²) in [6.45, 7) is 6.29. The normalized spacial score (nSPS) is 16.2. The molecule has 0 radical (unpaired) electrons. The predicted molar refractivity (Wildman–Crippen MR) is 121 cm³/mol. The van der Waals surface area contributed by atoms with Gasteiger partial charge in [0.15, 0.2) is 0 Å². The lowest BCUT2D eigenvalue weighted by Gasteiger charge is -2.34. The number of nitrogens with zero attached hydrogens (tertiary/aromatic N) is 4. The predicted octanol–water partition coefficient (Wildman–Crippen LogP) is 2.31. The lowest BCUT2D eigenvalue weighted by atomic mass is 10.2. The highest BCUT2D eigenvalue weighted by Crippen LogP contribution is 2.21. The summed E-state index contributed by atoms with van der Waals surface area (Å²) in [5, 5.41) is 0. The van der Waals surface area contributed by atoms with Crippen LogP contribution in [0.5, 0.6) is 0 Å². The van der Waals surface area contributed by atoms with Crippen LogP contribution in [0.25, 0.3) is 11.0 Å². The lowest BCUT2D eigenvalue weighted by Crippen LogP contribution is -2.46. The van der Waals surface area contributed by atoms with E-state index in [4.69, 9.17) is 4.98 Å². The zero-order valence-electron chi connectivity index (χ0n) is 17.6. The van der Waals surface area contributed by atoms with Gasteiger partial charge in [0, 0.05) is 52.7 Å². The van der Waals surface area contributed by atoms with Crippen LogP contribution in [-0.4, -0.2) is 66.7 Å². The molecule has 0 unspecified atom stereocenters. The van der Waals surface area contributed by atoms with Crippen LogP contribution in [0.3, 0.4) is 0 Å². The van der Waals surface area contributed by atoms with Gasteiger partial charge in [0.1, 0.15) is 5.82 Å². The molecule has 8 heteroatoms. The van der Waals surface area contributed by atoms with Crippen LogP contribution in [0, 0.1) is 0 Å². The molecule has 1 saturated heterocycles. The number of nitrogens with one attached hydrogen (secondary N) is 1. The summed E-state index contributed by atoms with van der Waals surface area (Å²) in [4.78, 5) is 9.76. The number of hydrogen-bond donors (Lipinski definition) is 1. The minimum absolute atomic E-state index is 0.546. The second kappa shape index (κ2) is 8.75. The first-order chi connectivity index (χ1) is 14.4. The molecular formula is C22H29N5O2S. The van der Waals surface area contributed by atoms with Gasteiger partial charge in [-0.05, 0) is 23.8 Å². The van der Waals surface area contributed by atoms with E-state index in [0.717, 1.165) is 68.8 Å². The van der Waals surface area contributed by atoms with Crippen LogP contribution >= 0.6 is 0 Å². The molecule has 160 valence electrons. The Labute approximate surface area is 178 Å². The van der Waals surface area contributed by atoms with Gasteiger partial charge in [-0.3, -0.25) is 9.62 Å². The largest absolute Gasteiger partial charge is 0.331 e. The topological polar surface area (TPSA) is 70.5 Å². The van der Waals surface area contributed by atoms with E-state index >= 15 is 0 Å². The molecule has 0 spiro atoms. The van der Waals surface area contributed by atoms with Crippen molar-refractivity contribution in [3.63, 3.8) is 0 Å². The maximum atomic E-state index is 11.5. The van der Waals surface area contributed by atoms with Crippen LogP contribution in [0.2, 0.25) is 0 Å². The Morgan fingerprint density at radius 3 is 2.40 bits per heavy atom. The highest BCUT2D eigenvalue weighted by atomic mass is 32.2. The van der Waals surface area contributed by atoms with Crippen LogP contribution in [0.15, 0.2) is 48.5 Å². The van der Waals surface area contributed by atoms with E-state index in [1.807, 2.05) is 13.1 Å². The minimum Gasteiger partial charge on any atom is -0.331 e. The van der Waals surface area contributed by atoms with Crippen molar-refractivity contribution in [2.45, 2.75) is 13.0 Å². The Kier molecular flexibility index (Phi) is 6.08. The van der Waals surface area contributed by atoms with Crippen molar-refractivity contribution in [2.75, 3.05) is 43.7 Å². The van der Waals surface area contributed by atoms with Crippen molar-refractivity contribution in [2.24, 2.45) is 7.05 Å². The molecule has 1 aromatic heterocycles. The Morgan fingerprint density at radius 2 is 1.70 bits per heavy atom. The number of hydrogen-bond acceptors (Lipinski definition) is 5. The van der Waals surface area contributed by atoms with E-state index < -0.39 is 10.0 Å². The Morgan fingerprint density at radius 1 is 1.00 bits per heavy atom. The molecule has 1 fully saturated rings. The fraction of sp³-hybridized carbons (Fsp3) is 0.409. The highest BCUT2D eigenvalue weighted by molar-refractivity contribution is 7.92. The van der Waals surface area contributed by atoms with Gasteiger partial charge < -0.3 is 9.47 Å². The molecule has 4 rings (SSSR count). The van der Waals surface area contributed by atoms with Gasteiger partial charge >= 0.3 is 0 Å². The average molecular weight is 428 g/mol. The van der Waals surface area contributed by atoms with E-state index in [1.165, 1.54) is 5.56 Å². The third kappa shape index (κ3) is 5.19. The first-order valence-corrected chi connectivity index (χ1v) is 12.2. The van der Waals surface area contributed by atoms with Crippen LogP contribution in [0.4, 0.5) is 5.69 Å². The molecule has 2 heterocycles. The second-order valence-corrected chi connectivity index (χ2v) is 9.77. The Hall–Kier alpha value is -2.42. The molecule has 7 nitrogen and oxygen atoms in total. The van der Waals surface area contributed by atoms with Crippen LogP contribution < -0.4 is 4.72 Å². The molecule has 3 aromatic rings. The Bertz CT molecular complexity index is 1100. The van der Waals surface area contributed by atoms with E-state index in [2.05, 4.69) is 49.4 Å². The van der Waals surface area contributed by atoms with Gasteiger partial charge in [0.2, 0.25) is 10.0 Å². The zero-order chi connectivity index (χ0) is 21.1. The smallest absolute Gasteiger partial charge is 0.229 e. The molecule has 30 heavy (non-hydrogen) atoms. The molecule has 0 bridgehead atoms. The zero-order valence-corrected chi connectivity index (χ0v) is 18.4. The third-order valence-corrected chi connectivity index (χ3v) is 6.25. The molecule has 0 amide bonds. The number of aryl methyl sites for hydroxylation is 1. The quantitative estimate of drug-likeness (QED) is 0.627. The monoisotopic (exact) mass is 427 g/mol. The summed E-state index contributed by atoms with van der Waals surface area (Å²) in [6, 6.07) is 16.1. The molecule has 0 aliphatic carbocycles. The van der Waals surface area contributed by atoms with Crippen molar-refractivity contribution in [1.82, 2.24) is 19.4 Å². The van der Waals surface area contributed by atoms with Crippen LogP contribution in [-0.2, 0) is 30.0 Å². The summed E-state index contributed by atoms with van der Waals surface area (Å²) in [5.41, 5.74) is 3.74. The second-order valence-electron chi connectivity index (χ2n) is 8.02. The van der Waals surface area contributed by atoms with Crippen molar-refractivity contribution < 1.29 is 8.42 Å². The fourth-order valence-electron chi connectivity index (χ4n) is 4.02. The molecule has 1 N–H and O–H groups in total. The van der Waals surface area contributed by atoms with Gasteiger partial charge in [-0.1, -0.05) is 30.3 Å². The van der Waals surface area contributed by atoms with Gasteiger partial charge in [0.25, 0.3) is 0 Å². The van der Waals surface area contributed by atoms with E-state index in [-0.39, 0.29) is 0 Å². The summed E-state index contributed by atoms with van der Waals surface area (Å²) in [7, 11) is -1.27. The van der Waals surface area contributed by atoms with Crippen molar-refractivity contribution in [3.05, 3.63) is 59.9 Å². The molecule has 0 atom stereocenters. The van der Waals surface area contributed by atoms with Gasteiger partial charge in [-0.15, -0.1) is 0 Å². The Balaban J connectivity index is 1.33. The maximum absolute atomic E-state index is 11.5. The minimum atomic E-state index is -3.29. The maximum Gasteiger partial charge on any atom is 0.229 e. The molecule has 1 aliphatic heterocycles. The molecule has 0 saturated carbocycles. The SMILES string of the molecule is Cn1c(CCN2CCN(Cc3ccccc3)CC2)nc2cc(NS(C)(=O)=O)ccc21. The summed E-state index contributed by atoms with van der Waals surface area (Å²) < 4.78 is 27.6. The summed E-state index contributed by atoms with van der Waals surface area (Å²) >= 11 is 0. The van der Waals surface area contributed by atoms with Crippen molar-refractivity contribution in [3.8, 4) is 0 Å². The number of rotatable bonds is 7. The molecule has 1 aliphatic rings. The number of piperazine rings is 1. The number of sulfonamides is 1. The molecular weight excluding hydrogens is 398 g/mol. The number of benzene rings is 2. The van der Waals surface area contributed by atoms with Gasteiger partial charge in [-0.2, -0.15) is 0 Å². The van der Waals surface area contributed by atoms with Crippen LogP contribution in [0.1, 0.15) is 11.4 Å². The number of fused-ring (bicyclic) bond motifs is 1. The van der Waals surface area contributed by atoms with E-state index in [0.29, 0.717) is 5.69 Å². The number of anilines is 1. The van der Waals surface area contributed by atoms with Gasteiger partial charge in [-0.25, -0.2) is 13.4 Å². The number of imidazole rings is 1. The highest BCUT2D eigenvalue weighted by Gasteiger charge is 2.18. The first kappa shape index (κ1) is 20.8. The first-order valence-electron chi connectivity index (χ1n) is 10.3. The summed E-state index contributed by atoms with van der Waals surface area (Å²) in [6.07, 6.45) is 2.03. The van der Waals surface area contributed by atoms with Crippen molar-refractivity contribution in [1.29, 1.82) is 0 Å². The fourth-order valence-corrected chi connectivity index (χ4v) is 4.58. The standard InChI is InChI=1S/C22H29N5O2S/c1-25-21-9-8-19(24-30(2,28)29)16-20(21)23-22(25)10-11-26-12-14-27(15-13-26)17-18-6-4-3-5-7-18/h3-9,16,24H,10-15,17H2,1-2H3. The molecule has 2 aromatic carbocycles. The average Bonchev–Trinajstić information content (AvgIpc) is 3.02. The van der Waals surface area contributed by atoms with Crippen molar-refractivity contribution >= 4 is 26.7 Å². The van der Waals surface area contributed by atoms with E-state index in [1.54, 1.807) is 12.1 Å². The lowest BCUT2D eigenvalue weighted by molar-refractivity contribution is 0.127. The van der Waals surface area contributed by atoms with Gasteiger partial charge in [0.05, 0.1) is 23.0 Å².